The van der Waals surface area contributed by atoms with Crippen LogP contribution in [0.1, 0.15) is 25.3 Å². The molecule has 3 aromatic rings. The van der Waals surface area contributed by atoms with Crippen LogP contribution in [0.4, 0.5) is 5.82 Å². The van der Waals surface area contributed by atoms with E-state index in [1.54, 1.807) is 23.1 Å². The monoisotopic (exact) mass is 414 g/mol. The van der Waals surface area contributed by atoms with Gasteiger partial charge in [0.2, 0.25) is 0 Å². The molecule has 1 aliphatic heterocycles. The Morgan fingerprint density at radius 1 is 1.42 bits per heavy atom. The van der Waals surface area contributed by atoms with Crippen LogP contribution in [0.2, 0.25) is 0 Å². The summed E-state index contributed by atoms with van der Waals surface area (Å²) >= 11 is 0. The number of terminal acetylenes is 1. The summed E-state index contributed by atoms with van der Waals surface area (Å²) in [5, 5.41) is 16.6. The highest BCUT2D eigenvalue weighted by Crippen LogP contribution is 2.31. The van der Waals surface area contributed by atoms with Gasteiger partial charge in [-0.1, -0.05) is 0 Å². The van der Waals surface area contributed by atoms with Crippen molar-refractivity contribution in [3.05, 3.63) is 42.4 Å². The van der Waals surface area contributed by atoms with Crippen molar-refractivity contribution in [2.75, 3.05) is 24.6 Å². The molecule has 3 aromatic heterocycles. The van der Waals surface area contributed by atoms with E-state index in [-0.39, 0.29) is 11.9 Å². The molecule has 1 amide bonds. The van der Waals surface area contributed by atoms with Crippen molar-refractivity contribution in [3.63, 3.8) is 0 Å². The molecule has 8 heteroatoms. The van der Waals surface area contributed by atoms with E-state index < -0.39 is 0 Å². The third kappa shape index (κ3) is 4.15. The first-order valence-corrected chi connectivity index (χ1v) is 10.2. The number of hydrogen-bond acceptors (Lipinski definition) is 6. The number of hydrogen-bond donors (Lipinski definition) is 1. The maximum Gasteiger partial charge on any atom is 0.295 e. The molecule has 1 unspecified atom stereocenters. The molecule has 8 nitrogen and oxygen atoms in total. The highest BCUT2D eigenvalue weighted by molar-refractivity contribution is 5.93. The predicted molar refractivity (Wildman–Crippen MR) is 117 cm³/mol. The number of aromatic nitrogens is 3. The molecule has 1 saturated heterocycles. The van der Waals surface area contributed by atoms with E-state index in [1.165, 1.54) is 0 Å². The summed E-state index contributed by atoms with van der Waals surface area (Å²) in [5.41, 5.74) is 2.90. The van der Waals surface area contributed by atoms with E-state index in [0.29, 0.717) is 24.5 Å². The number of anilines is 1. The van der Waals surface area contributed by atoms with Crippen molar-refractivity contribution in [2.24, 2.45) is 0 Å². The van der Waals surface area contributed by atoms with Gasteiger partial charge in [-0.05, 0) is 43.9 Å². The van der Waals surface area contributed by atoms with Gasteiger partial charge in [0.15, 0.2) is 0 Å². The first-order chi connectivity index (χ1) is 15.1. The highest BCUT2D eigenvalue weighted by Gasteiger charge is 2.22. The van der Waals surface area contributed by atoms with Crippen LogP contribution >= 0.6 is 0 Å². The molecule has 1 N–H and O–H groups in total. The van der Waals surface area contributed by atoms with Gasteiger partial charge < -0.3 is 15.0 Å². The summed E-state index contributed by atoms with van der Waals surface area (Å²) in [6, 6.07) is 8.04. The van der Waals surface area contributed by atoms with E-state index >= 15 is 0 Å². The standard InChI is InChI=1S/C23H22N6O2/c1-3-22(30)27-18-6-5-9-28(14-18)21-8-7-16(12-25-21)20-10-19(31-4-2)15-29-23(20)17(11-24)13-26-29/h1,7-8,10,12-13,15,18H,4-6,9,14H2,2H3,(H,27,30). The average Bonchev–Trinajstić information content (AvgIpc) is 3.22. The quantitative estimate of drug-likeness (QED) is 0.644. The van der Waals surface area contributed by atoms with Crippen LogP contribution in [-0.2, 0) is 4.79 Å². The lowest BCUT2D eigenvalue weighted by atomic mass is 10.0. The number of nitrogens with zero attached hydrogens (tertiary/aromatic N) is 5. The largest absolute Gasteiger partial charge is 0.492 e. The first kappa shape index (κ1) is 20.2. The molecule has 1 fully saturated rings. The van der Waals surface area contributed by atoms with Crippen molar-refractivity contribution < 1.29 is 9.53 Å². The molecule has 156 valence electrons. The van der Waals surface area contributed by atoms with E-state index in [0.717, 1.165) is 41.8 Å². The zero-order chi connectivity index (χ0) is 21.8. The Labute approximate surface area is 180 Å². The van der Waals surface area contributed by atoms with E-state index in [4.69, 9.17) is 11.2 Å². The van der Waals surface area contributed by atoms with Crippen LogP contribution in [0.3, 0.4) is 0 Å². The van der Waals surface area contributed by atoms with Gasteiger partial charge in [-0.2, -0.15) is 10.4 Å². The van der Waals surface area contributed by atoms with Crippen LogP contribution < -0.4 is 15.0 Å². The van der Waals surface area contributed by atoms with Gasteiger partial charge in [-0.3, -0.25) is 4.79 Å². The molecule has 4 heterocycles. The second-order valence-electron chi connectivity index (χ2n) is 7.29. The third-order valence-electron chi connectivity index (χ3n) is 5.29. The molecule has 1 aliphatic rings. The highest BCUT2D eigenvalue weighted by atomic mass is 16.5. The summed E-state index contributed by atoms with van der Waals surface area (Å²) in [6.07, 6.45) is 12.1. The van der Waals surface area contributed by atoms with Crippen molar-refractivity contribution >= 4 is 17.2 Å². The first-order valence-electron chi connectivity index (χ1n) is 10.2. The Morgan fingerprint density at radius 2 is 2.29 bits per heavy atom. The number of pyridine rings is 2. The molecular formula is C23H22N6O2. The zero-order valence-electron chi connectivity index (χ0n) is 17.2. The van der Waals surface area contributed by atoms with Gasteiger partial charge in [-0.25, -0.2) is 9.50 Å². The fourth-order valence-electron chi connectivity index (χ4n) is 3.91. The zero-order valence-corrected chi connectivity index (χ0v) is 17.2. The summed E-state index contributed by atoms with van der Waals surface area (Å²) in [4.78, 5) is 18.3. The number of fused-ring (bicyclic) bond motifs is 1. The normalized spacial score (nSPS) is 15.8. The van der Waals surface area contributed by atoms with E-state index in [9.17, 15) is 10.1 Å². The average molecular weight is 414 g/mol. The molecule has 4 rings (SSSR count). The number of nitrogens with one attached hydrogen (secondary N) is 1. The number of amides is 1. The number of ether oxygens (including phenoxy) is 1. The molecule has 1 atom stereocenters. The summed E-state index contributed by atoms with van der Waals surface area (Å²) < 4.78 is 7.33. The molecular weight excluding hydrogens is 392 g/mol. The third-order valence-corrected chi connectivity index (χ3v) is 5.29. The Morgan fingerprint density at radius 3 is 3.00 bits per heavy atom. The minimum absolute atomic E-state index is 0.00579. The number of rotatable bonds is 5. The minimum Gasteiger partial charge on any atom is -0.492 e. The molecule has 31 heavy (non-hydrogen) atoms. The summed E-state index contributed by atoms with van der Waals surface area (Å²) in [6.45, 7) is 3.97. The second-order valence-corrected chi connectivity index (χ2v) is 7.29. The molecule has 0 aliphatic carbocycles. The van der Waals surface area contributed by atoms with Crippen molar-refractivity contribution in [1.29, 1.82) is 5.26 Å². The lowest BCUT2D eigenvalue weighted by Gasteiger charge is -2.33. The van der Waals surface area contributed by atoms with Crippen LogP contribution in [0.5, 0.6) is 5.75 Å². The van der Waals surface area contributed by atoms with Crippen LogP contribution in [-0.4, -0.2) is 46.2 Å². The number of carbonyl (C=O) groups excluding carboxylic acids is 1. The maximum absolute atomic E-state index is 11.5. The van der Waals surface area contributed by atoms with E-state index in [2.05, 4.69) is 32.3 Å². The van der Waals surface area contributed by atoms with Gasteiger partial charge in [-0.15, -0.1) is 6.42 Å². The Balaban J connectivity index is 1.63. The van der Waals surface area contributed by atoms with Crippen molar-refractivity contribution in [1.82, 2.24) is 19.9 Å². The summed E-state index contributed by atoms with van der Waals surface area (Å²) in [7, 11) is 0. The van der Waals surface area contributed by atoms with Crippen LogP contribution in [0.15, 0.2) is 36.8 Å². The summed E-state index contributed by atoms with van der Waals surface area (Å²) in [5.74, 6) is 3.22. The Hall–Kier alpha value is -4.04. The van der Waals surface area contributed by atoms with Crippen molar-refractivity contribution in [3.8, 4) is 35.3 Å². The minimum atomic E-state index is -0.387. The second kappa shape index (κ2) is 8.76. The van der Waals surface area contributed by atoms with Crippen molar-refractivity contribution in [2.45, 2.75) is 25.8 Å². The SMILES string of the molecule is C#CC(=O)NC1CCCN(c2ccc(-c3cc(OCC)cn4ncc(C#N)c34)cn2)C1. The maximum atomic E-state index is 11.5. The molecule has 0 radical (unpaired) electrons. The molecule has 0 saturated carbocycles. The molecule has 0 bridgehead atoms. The predicted octanol–water partition coefficient (Wildman–Crippen LogP) is 2.38. The number of piperidine rings is 1. The lowest BCUT2D eigenvalue weighted by molar-refractivity contribution is -0.116. The molecule has 0 aromatic carbocycles. The van der Waals surface area contributed by atoms with E-state index in [1.807, 2.05) is 25.1 Å². The van der Waals surface area contributed by atoms with Gasteiger partial charge >= 0.3 is 0 Å². The van der Waals surface area contributed by atoms with Gasteiger partial charge in [0.1, 0.15) is 17.6 Å². The Kier molecular flexibility index (Phi) is 5.72. The van der Waals surface area contributed by atoms with Crippen LogP contribution in [0, 0.1) is 23.7 Å². The van der Waals surface area contributed by atoms with Gasteiger partial charge in [0.25, 0.3) is 5.91 Å². The Bertz CT molecular complexity index is 1190. The lowest BCUT2D eigenvalue weighted by Crippen LogP contribution is -2.47. The van der Waals surface area contributed by atoms with Crippen LogP contribution in [0.25, 0.3) is 16.6 Å². The van der Waals surface area contributed by atoms with Gasteiger partial charge in [0.05, 0.1) is 30.1 Å². The number of nitriles is 1. The smallest absolute Gasteiger partial charge is 0.295 e. The van der Waals surface area contributed by atoms with Gasteiger partial charge in [0, 0.05) is 36.5 Å². The fraction of sp³-hybridized carbons (Fsp3) is 0.304. The number of carbonyl (C=O) groups is 1. The topological polar surface area (TPSA) is 95.5 Å². The molecule has 0 spiro atoms. The fourth-order valence-corrected chi connectivity index (χ4v) is 3.91.